The number of benzene rings is 2. The molecular formula is C17H16N3O6-. The Balaban J connectivity index is 1.99. The van der Waals surface area contributed by atoms with Crippen molar-refractivity contribution in [3.8, 4) is 17.2 Å². The standard InChI is InChI=1S/C17H17N3O6/c1-11-5-3-4-6-14(11)26-10-16(21)19-18-9-12-7-13(20(23)24)17(22)15(8-12)25-2/h3-9,22H,10H2,1-2H3,(H,19,21)/p-1. The van der Waals surface area contributed by atoms with E-state index in [-0.39, 0.29) is 17.9 Å². The molecule has 26 heavy (non-hydrogen) atoms. The summed E-state index contributed by atoms with van der Waals surface area (Å²) in [6.07, 6.45) is 1.17. The Labute approximate surface area is 149 Å². The lowest BCUT2D eigenvalue weighted by molar-refractivity contribution is -0.398. The summed E-state index contributed by atoms with van der Waals surface area (Å²) in [6.45, 7) is 1.61. The van der Waals surface area contributed by atoms with Gasteiger partial charge in [0, 0.05) is 17.4 Å². The van der Waals surface area contributed by atoms with Gasteiger partial charge < -0.3 is 14.6 Å². The number of aryl methyl sites for hydroxylation is 1. The summed E-state index contributed by atoms with van der Waals surface area (Å²) in [5.74, 6) is -0.940. The highest BCUT2D eigenvalue weighted by Crippen LogP contribution is 2.33. The van der Waals surface area contributed by atoms with Gasteiger partial charge in [0.1, 0.15) is 11.5 Å². The van der Waals surface area contributed by atoms with Crippen molar-refractivity contribution in [1.29, 1.82) is 0 Å². The predicted molar refractivity (Wildman–Crippen MR) is 91.5 cm³/mol. The quantitative estimate of drug-likeness (QED) is 0.454. The number of hydrogen-bond donors (Lipinski definition) is 1. The number of nitro groups is 1. The van der Waals surface area contributed by atoms with Gasteiger partial charge in [-0.3, -0.25) is 14.9 Å². The van der Waals surface area contributed by atoms with E-state index in [0.717, 1.165) is 11.6 Å². The van der Waals surface area contributed by atoms with Crippen LogP contribution in [0.25, 0.3) is 0 Å². The van der Waals surface area contributed by atoms with Crippen molar-refractivity contribution in [1.82, 2.24) is 5.43 Å². The monoisotopic (exact) mass is 358 g/mol. The molecular weight excluding hydrogens is 342 g/mol. The number of para-hydroxylation sites is 1. The molecule has 9 heteroatoms. The first-order valence-corrected chi connectivity index (χ1v) is 7.46. The summed E-state index contributed by atoms with van der Waals surface area (Å²) < 4.78 is 10.2. The molecule has 136 valence electrons. The number of carbonyl (C=O) groups excluding carboxylic acids is 1. The smallest absolute Gasteiger partial charge is 0.277 e. The lowest BCUT2D eigenvalue weighted by Crippen LogP contribution is -2.24. The van der Waals surface area contributed by atoms with Crippen LogP contribution < -0.4 is 20.0 Å². The summed E-state index contributed by atoms with van der Waals surface area (Å²) in [5, 5.41) is 26.3. The van der Waals surface area contributed by atoms with Crippen LogP contribution in [-0.4, -0.2) is 30.8 Å². The molecule has 1 amide bonds. The van der Waals surface area contributed by atoms with Crippen molar-refractivity contribution < 1.29 is 24.3 Å². The van der Waals surface area contributed by atoms with Gasteiger partial charge >= 0.3 is 0 Å². The van der Waals surface area contributed by atoms with Gasteiger partial charge in [0.25, 0.3) is 11.6 Å². The van der Waals surface area contributed by atoms with E-state index < -0.39 is 22.3 Å². The molecule has 0 fully saturated rings. The fourth-order valence-electron chi connectivity index (χ4n) is 2.04. The Bertz CT molecular complexity index is 850. The summed E-state index contributed by atoms with van der Waals surface area (Å²) >= 11 is 0. The molecule has 0 spiro atoms. The number of nitro benzene ring substituents is 1. The maximum atomic E-state index is 11.7. The van der Waals surface area contributed by atoms with Crippen molar-refractivity contribution in [2.75, 3.05) is 13.7 Å². The molecule has 0 heterocycles. The van der Waals surface area contributed by atoms with Crippen LogP contribution in [-0.2, 0) is 4.79 Å². The largest absolute Gasteiger partial charge is 0.865 e. The Morgan fingerprint density at radius 2 is 2.04 bits per heavy atom. The van der Waals surface area contributed by atoms with Gasteiger partial charge in [-0.25, -0.2) is 5.43 Å². The fraction of sp³-hybridized carbons (Fsp3) is 0.176. The number of nitrogens with one attached hydrogen (secondary N) is 1. The molecule has 0 aliphatic heterocycles. The molecule has 0 aliphatic rings. The second-order valence-corrected chi connectivity index (χ2v) is 5.18. The Morgan fingerprint density at radius 1 is 1.31 bits per heavy atom. The Kier molecular flexibility index (Phi) is 6.10. The first-order valence-electron chi connectivity index (χ1n) is 7.46. The second-order valence-electron chi connectivity index (χ2n) is 5.18. The molecule has 1 N–H and O–H groups in total. The summed E-state index contributed by atoms with van der Waals surface area (Å²) in [4.78, 5) is 21.8. The van der Waals surface area contributed by atoms with Crippen molar-refractivity contribution >= 4 is 17.8 Å². The number of carbonyl (C=O) groups is 1. The number of ether oxygens (including phenoxy) is 2. The molecule has 0 saturated carbocycles. The normalized spacial score (nSPS) is 10.5. The number of amides is 1. The van der Waals surface area contributed by atoms with Gasteiger partial charge in [-0.1, -0.05) is 18.2 Å². The zero-order chi connectivity index (χ0) is 19.1. The number of nitrogens with zero attached hydrogens (tertiary/aromatic N) is 2. The van der Waals surface area contributed by atoms with Crippen molar-refractivity contribution in [2.24, 2.45) is 5.10 Å². The zero-order valence-electron chi connectivity index (χ0n) is 14.1. The van der Waals surface area contributed by atoms with Crippen LogP contribution in [0.5, 0.6) is 17.2 Å². The number of hydrogen-bond acceptors (Lipinski definition) is 7. The summed E-state index contributed by atoms with van der Waals surface area (Å²) in [7, 11) is 1.23. The van der Waals surface area contributed by atoms with Gasteiger partial charge in [0.05, 0.1) is 18.2 Å². The van der Waals surface area contributed by atoms with Crippen molar-refractivity contribution in [2.45, 2.75) is 6.92 Å². The molecule has 0 saturated heterocycles. The van der Waals surface area contributed by atoms with Crippen LogP contribution >= 0.6 is 0 Å². The van der Waals surface area contributed by atoms with Crippen LogP contribution in [0.1, 0.15) is 11.1 Å². The van der Waals surface area contributed by atoms with Crippen molar-refractivity contribution in [3.63, 3.8) is 0 Å². The average molecular weight is 358 g/mol. The van der Waals surface area contributed by atoms with Crippen molar-refractivity contribution in [3.05, 3.63) is 57.6 Å². The second kappa shape index (κ2) is 8.47. The summed E-state index contributed by atoms with van der Waals surface area (Å²) in [5.41, 5.74) is 2.72. The zero-order valence-corrected chi connectivity index (χ0v) is 14.1. The highest BCUT2D eigenvalue weighted by molar-refractivity contribution is 5.85. The minimum Gasteiger partial charge on any atom is -0.865 e. The van der Waals surface area contributed by atoms with Crippen LogP contribution in [0.15, 0.2) is 41.5 Å². The van der Waals surface area contributed by atoms with Gasteiger partial charge in [-0.2, -0.15) is 5.10 Å². The molecule has 0 aliphatic carbocycles. The van der Waals surface area contributed by atoms with Crippen LogP contribution in [0.2, 0.25) is 0 Å². The highest BCUT2D eigenvalue weighted by atomic mass is 16.6. The molecule has 2 aromatic rings. The van der Waals surface area contributed by atoms with Crippen LogP contribution in [0.4, 0.5) is 5.69 Å². The SMILES string of the molecule is COc1cc(C=NNC(=O)COc2ccccc2C)cc([N+](=O)[O-])c1[O-]. The number of rotatable bonds is 7. The third-order valence-electron chi connectivity index (χ3n) is 3.33. The topological polar surface area (TPSA) is 126 Å². The van der Waals surface area contributed by atoms with Gasteiger partial charge in [-0.05, 0) is 24.6 Å². The number of methoxy groups -OCH3 is 1. The molecule has 0 unspecified atom stereocenters. The van der Waals surface area contributed by atoms with Gasteiger partial charge in [-0.15, -0.1) is 0 Å². The summed E-state index contributed by atoms with van der Waals surface area (Å²) in [6, 6.07) is 9.57. The maximum Gasteiger partial charge on any atom is 0.277 e. The molecule has 0 atom stereocenters. The minimum atomic E-state index is -0.828. The van der Waals surface area contributed by atoms with E-state index in [1.54, 1.807) is 12.1 Å². The third kappa shape index (κ3) is 4.69. The molecule has 9 nitrogen and oxygen atoms in total. The lowest BCUT2D eigenvalue weighted by Gasteiger charge is -2.13. The van der Waals surface area contributed by atoms with E-state index in [2.05, 4.69) is 10.5 Å². The maximum absolute atomic E-state index is 11.7. The van der Waals surface area contributed by atoms with E-state index in [4.69, 9.17) is 9.47 Å². The lowest BCUT2D eigenvalue weighted by atomic mass is 10.2. The van der Waals surface area contributed by atoms with Crippen LogP contribution in [0, 0.1) is 17.0 Å². The molecule has 2 rings (SSSR count). The Hall–Kier alpha value is -3.62. The first-order chi connectivity index (χ1) is 12.4. The molecule has 2 aromatic carbocycles. The molecule has 0 bridgehead atoms. The van der Waals surface area contributed by atoms with Gasteiger partial charge in [0.2, 0.25) is 0 Å². The average Bonchev–Trinajstić information content (AvgIpc) is 2.62. The molecule has 0 aromatic heterocycles. The van der Waals surface area contributed by atoms with Crippen LogP contribution in [0.3, 0.4) is 0 Å². The number of hydrazone groups is 1. The minimum absolute atomic E-state index is 0.185. The van der Waals surface area contributed by atoms with E-state index >= 15 is 0 Å². The van der Waals surface area contributed by atoms with E-state index in [1.165, 1.54) is 19.4 Å². The van der Waals surface area contributed by atoms with E-state index in [1.807, 2.05) is 19.1 Å². The fourth-order valence-corrected chi connectivity index (χ4v) is 2.04. The third-order valence-corrected chi connectivity index (χ3v) is 3.33. The van der Waals surface area contributed by atoms with E-state index in [9.17, 15) is 20.0 Å². The molecule has 0 radical (unpaired) electrons. The predicted octanol–water partition coefficient (Wildman–Crippen LogP) is 1.51. The Morgan fingerprint density at radius 3 is 2.69 bits per heavy atom. The van der Waals surface area contributed by atoms with Gasteiger partial charge in [0.15, 0.2) is 6.61 Å². The highest BCUT2D eigenvalue weighted by Gasteiger charge is 2.12. The van der Waals surface area contributed by atoms with E-state index in [0.29, 0.717) is 5.75 Å². The first kappa shape index (κ1) is 18.7.